The fraction of sp³-hybridized carbons (Fsp3) is 0.643. The van der Waals surface area contributed by atoms with Crippen LogP contribution in [0.4, 0.5) is 0 Å². The Morgan fingerprint density at radius 3 is 2.48 bits per heavy atom. The van der Waals surface area contributed by atoms with Crippen molar-refractivity contribution < 1.29 is 29.1 Å². The number of nitrogens with zero attached hydrogens (tertiary/aromatic N) is 1. The van der Waals surface area contributed by atoms with Gasteiger partial charge in [0.1, 0.15) is 12.1 Å². The molecular formula is C14H23N5O6. The maximum atomic E-state index is 12.3. The lowest BCUT2D eigenvalue weighted by Gasteiger charge is -2.26. The molecule has 3 atom stereocenters. The number of aliphatic carboxylic acids is 1. The second-order valence-corrected chi connectivity index (χ2v) is 5.80. The van der Waals surface area contributed by atoms with Crippen LogP contribution in [0.3, 0.4) is 0 Å². The fourth-order valence-corrected chi connectivity index (χ4v) is 2.51. The first-order valence-corrected chi connectivity index (χ1v) is 7.77. The van der Waals surface area contributed by atoms with Crippen LogP contribution >= 0.6 is 0 Å². The van der Waals surface area contributed by atoms with Crippen molar-refractivity contribution in [2.24, 2.45) is 11.5 Å². The zero-order valence-electron chi connectivity index (χ0n) is 13.9. The number of likely N-dealkylation sites (tertiary alicyclic amines) is 1. The van der Waals surface area contributed by atoms with Gasteiger partial charge in [-0.05, 0) is 19.8 Å². The van der Waals surface area contributed by atoms with Crippen LogP contribution in [-0.4, -0.2) is 70.8 Å². The van der Waals surface area contributed by atoms with Crippen LogP contribution in [0.1, 0.15) is 26.2 Å². The molecule has 0 bridgehead atoms. The van der Waals surface area contributed by atoms with Crippen molar-refractivity contribution in [3.8, 4) is 0 Å². The van der Waals surface area contributed by atoms with Crippen LogP contribution in [0.25, 0.3) is 0 Å². The van der Waals surface area contributed by atoms with Crippen LogP contribution in [0.2, 0.25) is 0 Å². The Morgan fingerprint density at radius 2 is 1.92 bits per heavy atom. The molecule has 0 aromatic carbocycles. The smallest absolute Gasteiger partial charge is 0.305 e. The van der Waals surface area contributed by atoms with Gasteiger partial charge < -0.3 is 32.1 Å². The van der Waals surface area contributed by atoms with Crippen molar-refractivity contribution in [1.82, 2.24) is 15.5 Å². The highest BCUT2D eigenvalue weighted by molar-refractivity contribution is 5.93. The molecule has 0 unspecified atom stereocenters. The monoisotopic (exact) mass is 357 g/mol. The zero-order chi connectivity index (χ0) is 19.1. The molecule has 1 saturated heterocycles. The van der Waals surface area contributed by atoms with E-state index >= 15 is 0 Å². The van der Waals surface area contributed by atoms with Crippen molar-refractivity contribution in [2.45, 2.75) is 44.3 Å². The summed E-state index contributed by atoms with van der Waals surface area (Å²) in [7, 11) is 0. The highest BCUT2D eigenvalue weighted by Crippen LogP contribution is 2.17. The molecular weight excluding hydrogens is 334 g/mol. The summed E-state index contributed by atoms with van der Waals surface area (Å²) in [6, 6.07) is -2.86. The Labute approximate surface area is 144 Å². The van der Waals surface area contributed by atoms with E-state index in [0.717, 1.165) is 0 Å². The summed E-state index contributed by atoms with van der Waals surface area (Å²) >= 11 is 0. The van der Waals surface area contributed by atoms with E-state index in [1.54, 1.807) is 0 Å². The van der Waals surface area contributed by atoms with Crippen LogP contribution in [-0.2, 0) is 24.0 Å². The molecule has 0 aliphatic carbocycles. The van der Waals surface area contributed by atoms with Crippen molar-refractivity contribution >= 4 is 29.6 Å². The molecule has 11 heteroatoms. The van der Waals surface area contributed by atoms with Gasteiger partial charge in [-0.2, -0.15) is 0 Å². The minimum absolute atomic E-state index is 0.382. The van der Waals surface area contributed by atoms with E-state index in [2.05, 4.69) is 10.6 Å². The van der Waals surface area contributed by atoms with E-state index in [1.807, 2.05) is 0 Å². The quantitative estimate of drug-likeness (QED) is 0.304. The van der Waals surface area contributed by atoms with Crippen LogP contribution in [0.5, 0.6) is 0 Å². The Hall–Kier alpha value is -2.69. The van der Waals surface area contributed by atoms with Gasteiger partial charge in [0.05, 0.1) is 19.0 Å². The van der Waals surface area contributed by atoms with Gasteiger partial charge in [-0.3, -0.25) is 24.0 Å². The zero-order valence-corrected chi connectivity index (χ0v) is 13.9. The molecule has 1 aliphatic rings. The number of nitrogens with one attached hydrogen (secondary N) is 2. The molecule has 1 fully saturated rings. The Morgan fingerprint density at radius 1 is 1.28 bits per heavy atom. The minimum Gasteiger partial charge on any atom is -0.481 e. The standard InChI is InChI=1S/C14H23N5O6/c1-7(14(25)19-4-2-3-9(19)12(16)23)18-10(20)6-17-13(24)8(15)5-11(21)22/h7-9H,2-6,15H2,1H3,(H2,16,23)(H,17,24)(H,18,20)(H,21,22)/t7-,8-,9-/m0/s1. The number of carbonyl (C=O) groups is 5. The Balaban J connectivity index is 2.45. The van der Waals surface area contributed by atoms with E-state index in [9.17, 15) is 24.0 Å². The number of primary amides is 1. The molecule has 0 radical (unpaired) electrons. The van der Waals surface area contributed by atoms with Crippen molar-refractivity contribution in [1.29, 1.82) is 0 Å². The van der Waals surface area contributed by atoms with Gasteiger partial charge in [0.15, 0.2) is 0 Å². The first-order valence-electron chi connectivity index (χ1n) is 7.77. The molecule has 1 rings (SSSR count). The van der Waals surface area contributed by atoms with Crippen LogP contribution in [0, 0.1) is 0 Å². The van der Waals surface area contributed by atoms with Gasteiger partial charge >= 0.3 is 5.97 Å². The predicted molar refractivity (Wildman–Crippen MR) is 84.8 cm³/mol. The summed E-state index contributed by atoms with van der Waals surface area (Å²) in [6.45, 7) is 1.38. The lowest BCUT2D eigenvalue weighted by molar-refractivity contribution is -0.140. The topological polar surface area (TPSA) is 185 Å². The molecule has 25 heavy (non-hydrogen) atoms. The molecule has 1 aliphatic heterocycles. The third-order valence-corrected chi connectivity index (χ3v) is 3.77. The van der Waals surface area contributed by atoms with Gasteiger partial charge in [-0.1, -0.05) is 0 Å². The van der Waals surface area contributed by atoms with E-state index in [1.165, 1.54) is 11.8 Å². The summed E-state index contributed by atoms with van der Waals surface area (Å²) in [6.07, 6.45) is 0.572. The van der Waals surface area contributed by atoms with E-state index in [0.29, 0.717) is 19.4 Å². The number of carboxylic acid groups (broad SMARTS) is 1. The lowest BCUT2D eigenvalue weighted by atomic mass is 10.2. The van der Waals surface area contributed by atoms with E-state index in [-0.39, 0.29) is 0 Å². The summed E-state index contributed by atoms with van der Waals surface area (Å²) in [4.78, 5) is 58.7. The molecule has 7 N–H and O–H groups in total. The number of amides is 4. The summed E-state index contributed by atoms with van der Waals surface area (Å²) in [5.74, 6) is -3.70. The van der Waals surface area contributed by atoms with Gasteiger partial charge in [0, 0.05) is 6.54 Å². The first-order chi connectivity index (χ1) is 11.6. The van der Waals surface area contributed by atoms with Crippen molar-refractivity contribution in [3.05, 3.63) is 0 Å². The average molecular weight is 357 g/mol. The highest BCUT2D eigenvalue weighted by atomic mass is 16.4. The molecule has 11 nitrogen and oxygen atoms in total. The Bertz CT molecular complexity index is 566. The number of carbonyl (C=O) groups excluding carboxylic acids is 4. The van der Waals surface area contributed by atoms with Crippen LogP contribution < -0.4 is 22.1 Å². The van der Waals surface area contributed by atoms with Crippen molar-refractivity contribution in [3.63, 3.8) is 0 Å². The van der Waals surface area contributed by atoms with Crippen LogP contribution in [0.15, 0.2) is 0 Å². The molecule has 0 saturated carbocycles. The summed E-state index contributed by atoms with van der Waals surface area (Å²) in [5.41, 5.74) is 10.6. The maximum Gasteiger partial charge on any atom is 0.305 e. The van der Waals surface area contributed by atoms with E-state index < -0.39 is 60.7 Å². The average Bonchev–Trinajstić information content (AvgIpc) is 3.00. The predicted octanol–water partition coefficient (Wildman–Crippen LogP) is -3.11. The normalized spacial score (nSPS) is 19.0. The minimum atomic E-state index is -1.27. The second kappa shape index (κ2) is 8.97. The maximum absolute atomic E-state index is 12.3. The largest absolute Gasteiger partial charge is 0.481 e. The SMILES string of the molecule is C[C@H](NC(=O)CNC(=O)[C@@H](N)CC(=O)O)C(=O)N1CCC[C@H]1C(N)=O. The number of rotatable bonds is 8. The van der Waals surface area contributed by atoms with Crippen molar-refractivity contribution in [2.75, 3.05) is 13.1 Å². The Kier molecular flexibility index (Phi) is 7.30. The number of nitrogens with two attached hydrogens (primary N) is 2. The van der Waals surface area contributed by atoms with Gasteiger partial charge in [0.2, 0.25) is 23.6 Å². The fourth-order valence-electron chi connectivity index (χ4n) is 2.51. The third-order valence-electron chi connectivity index (χ3n) is 3.77. The molecule has 140 valence electrons. The van der Waals surface area contributed by atoms with E-state index in [4.69, 9.17) is 16.6 Å². The van der Waals surface area contributed by atoms with Gasteiger partial charge in [-0.25, -0.2) is 0 Å². The highest BCUT2D eigenvalue weighted by Gasteiger charge is 2.35. The molecule has 0 aromatic heterocycles. The van der Waals surface area contributed by atoms with Gasteiger partial charge in [-0.15, -0.1) is 0 Å². The number of hydrogen-bond donors (Lipinski definition) is 5. The molecule has 0 aromatic rings. The summed E-state index contributed by atoms with van der Waals surface area (Å²) in [5, 5.41) is 13.1. The first kappa shape index (κ1) is 20.4. The molecule has 4 amide bonds. The molecule has 0 spiro atoms. The number of hydrogen-bond acceptors (Lipinski definition) is 6. The lowest BCUT2D eigenvalue weighted by Crippen LogP contribution is -2.53. The molecule has 1 heterocycles. The van der Waals surface area contributed by atoms with Gasteiger partial charge in [0.25, 0.3) is 0 Å². The number of carboxylic acids is 1. The summed E-state index contributed by atoms with van der Waals surface area (Å²) < 4.78 is 0. The second-order valence-electron chi connectivity index (χ2n) is 5.80. The third kappa shape index (κ3) is 6.03.